The number of fused-ring (bicyclic) bond motifs is 3. The Bertz CT molecular complexity index is 702. The van der Waals surface area contributed by atoms with Crippen LogP contribution < -0.4 is 4.90 Å². The molecule has 0 saturated carbocycles. The van der Waals surface area contributed by atoms with Crippen molar-refractivity contribution in [3.05, 3.63) is 82.9 Å². The van der Waals surface area contributed by atoms with Gasteiger partial charge in [-0.05, 0) is 23.8 Å². The first-order valence-corrected chi connectivity index (χ1v) is 7.62. The molecule has 0 saturated heterocycles. The monoisotopic (exact) mass is 323 g/mol. The SMILES string of the molecule is BrC1=CC2c3ccccc3N(c3ccccc3)C2C=C1. The summed E-state index contributed by atoms with van der Waals surface area (Å²) in [6.45, 7) is 0. The van der Waals surface area contributed by atoms with Crippen molar-refractivity contribution in [1.82, 2.24) is 0 Å². The standard InChI is InChI=1S/C18H14BrN/c19-13-10-11-18-16(12-13)15-8-4-5-9-17(15)20(18)14-6-2-1-3-7-14/h1-12,16,18H. The molecular formula is C18H14BrN. The third-order valence-corrected chi connectivity index (χ3v) is 4.58. The average molecular weight is 324 g/mol. The molecule has 1 heterocycles. The Balaban J connectivity index is 1.90. The highest BCUT2D eigenvalue weighted by molar-refractivity contribution is 9.11. The fraction of sp³-hybridized carbons (Fsp3) is 0.111. The molecule has 2 heteroatoms. The van der Waals surface area contributed by atoms with Crippen molar-refractivity contribution in [2.24, 2.45) is 0 Å². The van der Waals surface area contributed by atoms with E-state index in [2.05, 4.69) is 93.7 Å². The zero-order valence-electron chi connectivity index (χ0n) is 10.9. The van der Waals surface area contributed by atoms with Gasteiger partial charge in [-0.25, -0.2) is 0 Å². The van der Waals surface area contributed by atoms with Gasteiger partial charge >= 0.3 is 0 Å². The summed E-state index contributed by atoms with van der Waals surface area (Å²) in [5.74, 6) is 0.422. The van der Waals surface area contributed by atoms with Crippen LogP contribution in [0.2, 0.25) is 0 Å². The molecule has 0 N–H and O–H groups in total. The molecule has 0 fully saturated rings. The molecule has 0 aromatic heterocycles. The summed E-state index contributed by atoms with van der Waals surface area (Å²) in [4.78, 5) is 2.44. The molecule has 20 heavy (non-hydrogen) atoms. The van der Waals surface area contributed by atoms with Gasteiger partial charge in [-0.1, -0.05) is 70.6 Å². The van der Waals surface area contributed by atoms with Crippen molar-refractivity contribution in [2.75, 3.05) is 4.90 Å². The second-order valence-corrected chi connectivity index (χ2v) is 6.11. The lowest BCUT2D eigenvalue weighted by Gasteiger charge is -2.29. The number of hydrogen-bond donors (Lipinski definition) is 0. The molecule has 2 aromatic carbocycles. The molecule has 1 aliphatic heterocycles. The Morgan fingerprint density at radius 2 is 1.65 bits per heavy atom. The van der Waals surface area contributed by atoms with Crippen LogP contribution in [0.5, 0.6) is 0 Å². The van der Waals surface area contributed by atoms with Gasteiger partial charge in [0, 0.05) is 21.8 Å². The van der Waals surface area contributed by atoms with E-state index in [1.54, 1.807) is 0 Å². The Morgan fingerprint density at radius 1 is 0.900 bits per heavy atom. The van der Waals surface area contributed by atoms with Crippen molar-refractivity contribution in [3.8, 4) is 0 Å². The molecule has 2 aromatic rings. The first-order valence-electron chi connectivity index (χ1n) is 6.83. The van der Waals surface area contributed by atoms with Gasteiger partial charge in [0.15, 0.2) is 0 Å². The largest absolute Gasteiger partial charge is 0.333 e. The van der Waals surface area contributed by atoms with Crippen LogP contribution >= 0.6 is 15.9 Å². The number of benzene rings is 2. The Labute approximate surface area is 127 Å². The van der Waals surface area contributed by atoms with E-state index >= 15 is 0 Å². The lowest BCUT2D eigenvalue weighted by atomic mass is 9.91. The topological polar surface area (TPSA) is 3.24 Å². The van der Waals surface area contributed by atoms with Gasteiger partial charge in [-0.2, -0.15) is 0 Å². The minimum Gasteiger partial charge on any atom is -0.333 e. The van der Waals surface area contributed by atoms with Crippen LogP contribution in [-0.2, 0) is 0 Å². The minimum absolute atomic E-state index is 0.371. The number of anilines is 2. The van der Waals surface area contributed by atoms with E-state index in [-0.39, 0.29) is 0 Å². The number of nitrogens with zero attached hydrogens (tertiary/aromatic N) is 1. The van der Waals surface area contributed by atoms with Crippen LogP contribution in [0.4, 0.5) is 11.4 Å². The number of rotatable bonds is 1. The number of halogens is 1. The summed E-state index contributed by atoms with van der Waals surface area (Å²) in [6.07, 6.45) is 6.76. The summed E-state index contributed by atoms with van der Waals surface area (Å²) < 4.78 is 1.17. The Morgan fingerprint density at radius 3 is 2.50 bits per heavy atom. The summed E-state index contributed by atoms with van der Waals surface area (Å²) in [5, 5.41) is 0. The van der Waals surface area contributed by atoms with Crippen LogP contribution in [0.25, 0.3) is 0 Å². The molecular weight excluding hydrogens is 310 g/mol. The summed E-state index contributed by atoms with van der Waals surface area (Å²) in [5.41, 5.74) is 3.97. The molecule has 4 rings (SSSR count). The predicted octanol–water partition coefficient (Wildman–Crippen LogP) is 5.14. The molecule has 1 nitrogen and oxygen atoms in total. The van der Waals surface area contributed by atoms with Crippen LogP contribution in [-0.4, -0.2) is 6.04 Å². The smallest absolute Gasteiger partial charge is 0.0630 e. The molecule has 0 spiro atoms. The molecule has 1 aliphatic carbocycles. The normalized spacial score (nSPS) is 23.2. The lowest BCUT2D eigenvalue weighted by Crippen LogP contribution is -2.28. The van der Waals surface area contributed by atoms with Gasteiger partial charge in [0.2, 0.25) is 0 Å². The Hall–Kier alpha value is -1.80. The second-order valence-electron chi connectivity index (χ2n) is 5.19. The minimum atomic E-state index is 0.371. The molecule has 2 aliphatic rings. The van der Waals surface area contributed by atoms with E-state index in [0.29, 0.717) is 12.0 Å². The maximum absolute atomic E-state index is 3.61. The van der Waals surface area contributed by atoms with Crippen LogP contribution in [0, 0.1) is 0 Å². The first-order chi connectivity index (χ1) is 9.84. The van der Waals surface area contributed by atoms with E-state index in [0.717, 1.165) is 0 Å². The van der Waals surface area contributed by atoms with Crippen molar-refractivity contribution in [1.29, 1.82) is 0 Å². The predicted molar refractivity (Wildman–Crippen MR) is 87.7 cm³/mol. The van der Waals surface area contributed by atoms with Crippen LogP contribution in [0.15, 0.2) is 77.3 Å². The quantitative estimate of drug-likeness (QED) is 0.702. The molecule has 2 unspecified atom stereocenters. The van der Waals surface area contributed by atoms with E-state index in [4.69, 9.17) is 0 Å². The van der Waals surface area contributed by atoms with Gasteiger partial charge < -0.3 is 4.90 Å². The number of hydrogen-bond acceptors (Lipinski definition) is 1. The molecule has 0 amide bonds. The molecule has 0 radical (unpaired) electrons. The van der Waals surface area contributed by atoms with Gasteiger partial charge in [-0.3, -0.25) is 0 Å². The van der Waals surface area contributed by atoms with Crippen molar-refractivity contribution < 1.29 is 0 Å². The second kappa shape index (κ2) is 4.64. The average Bonchev–Trinajstić information content (AvgIpc) is 2.82. The van der Waals surface area contributed by atoms with Crippen LogP contribution in [0.3, 0.4) is 0 Å². The van der Waals surface area contributed by atoms with Crippen molar-refractivity contribution in [2.45, 2.75) is 12.0 Å². The third-order valence-electron chi connectivity index (χ3n) is 4.05. The van der Waals surface area contributed by atoms with Gasteiger partial charge in [0.25, 0.3) is 0 Å². The zero-order chi connectivity index (χ0) is 13.5. The van der Waals surface area contributed by atoms with Crippen molar-refractivity contribution >= 4 is 27.3 Å². The lowest BCUT2D eigenvalue weighted by molar-refractivity contribution is 0.744. The van der Waals surface area contributed by atoms with Crippen molar-refractivity contribution in [3.63, 3.8) is 0 Å². The van der Waals surface area contributed by atoms with Gasteiger partial charge in [0.1, 0.15) is 0 Å². The van der Waals surface area contributed by atoms with E-state index < -0.39 is 0 Å². The van der Waals surface area contributed by atoms with Gasteiger partial charge in [0.05, 0.1) is 6.04 Å². The summed E-state index contributed by atoms with van der Waals surface area (Å²) in [7, 11) is 0. The first kappa shape index (κ1) is 12.0. The highest BCUT2D eigenvalue weighted by Crippen LogP contribution is 2.48. The maximum atomic E-state index is 3.61. The molecule has 2 atom stereocenters. The zero-order valence-corrected chi connectivity index (χ0v) is 12.5. The fourth-order valence-electron chi connectivity index (χ4n) is 3.21. The summed E-state index contributed by atoms with van der Waals surface area (Å²) >= 11 is 3.61. The fourth-order valence-corrected chi connectivity index (χ4v) is 3.64. The number of allylic oxidation sites excluding steroid dienone is 2. The number of para-hydroxylation sites is 2. The third kappa shape index (κ3) is 1.75. The molecule has 0 bridgehead atoms. The van der Waals surface area contributed by atoms with Crippen LogP contribution in [0.1, 0.15) is 11.5 Å². The van der Waals surface area contributed by atoms with E-state index in [1.807, 2.05) is 0 Å². The summed E-state index contributed by atoms with van der Waals surface area (Å²) in [6, 6.07) is 19.7. The molecule has 98 valence electrons. The van der Waals surface area contributed by atoms with E-state index in [1.165, 1.54) is 21.4 Å². The Kier molecular flexibility index (Phi) is 2.78. The highest BCUT2D eigenvalue weighted by Gasteiger charge is 2.37. The van der Waals surface area contributed by atoms with Gasteiger partial charge in [-0.15, -0.1) is 0 Å². The highest BCUT2D eigenvalue weighted by atomic mass is 79.9. The van der Waals surface area contributed by atoms with E-state index in [9.17, 15) is 0 Å². The maximum Gasteiger partial charge on any atom is 0.0630 e.